The number of nitrogens with two attached hydrogens (primary N) is 1. The Morgan fingerprint density at radius 1 is 1.50 bits per heavy atom. The van der Waals surface area contributed by atoms with Gasteiger partial charge in [-0.2, -0.15) is 11.8 Å². The third-order valence-electron chi connectivity index (χ3n) is 3.76. The van der Waals surface area contributed by atoms with Gasteiger partial charge in [0.2, 0.25) is 5.91 Å². The van der Waals surface area contributed by atoms with E-state index in [2.05, 4.69) is 40.0 Å². The first-order chi connectivity index (χ1) is 9.37. The number of benzene rings is 1. The Kier molecular flexibility index (Phi) is 3.51. The first-order valence-electron chi connectivity index (χ1n) is 6.66. The third-order valence-corrected chi connectivity index (χ3v) is 5.69. The molecular formula is C14H18BrN3OS. The summed E-state index contributed by atoms with van der Waals surface area (Å²) in [5.41, 5.74) is 8.73. The molecule has 0 saturated carbocycles. The molecule has 0 aliphatic carbocycles. The maximum absolute atomic E-state index is 11.7. The van der Waals surface area contributed by atoms with Crippen LogP contribution in [0.25, 0.3) is 0 Å². The van der Waals surface area contributed by atoms with Crippen molar-refractivity contribution in [1.29, 1.82) is 0 Å². The summed E-state index contributed by atoms with van der Waals surface area (Å²) in [5, 5.41) is 2.86. The van der Waals surface area contributed by atoms with Crippen LogP contribution in [0, 0.1) is 0 Å². The first-order valence-corrected chi connectivity index (χ1v) is 8.44. The second kappa shape index (κ2) is 4.93. The number of thioether (sulfide) groups is 1. The van der Waals surface area contributed by atoms with Crippen LogP contribution in [0.1, 0.15) is 25.5 Å². The van der Waals surface area contributed by atoms with Crippen molar-refractivity contribution in [2.75, 3.05) is 29.1 Å². The van der Waals surface area contributed by atoms with Gasteiger partial charge < -0.3 is 16.0 Å². The number of amides is 1. The summed E-state index contributed by atoms with van der Waals surface area (Å²) in [6, 6.07) is 3.46. The van der Waals surface area contributed by atoms with Crippen LogP contribution < -0.4 is 16.0 Å². The Bertz CT molecular complexity index is 576. The largest absolute Gasteiger partial charge is 0.368 e. The standard InChI is InChI=1S/C14H18BrN3OS/c1-14(2)7-18(3-4-20-14)11-6-10-8(5-9(11)15)12(16)13(19)17-10/h5-6,12H,3-4,7,16H2,1-2H3,(H,17,19). The van der Waals surface area contributed by atoms with Gasteiger partial charge in [-0.15, -0.1) is 0 Å². The van der Waals surface area contributed by atoms with E-state index < -0.39 is 6.04 Å². The first kappa shape index (κ1) is 14.2. The fraction of sp³-hybridized carbons (Fsp3) is 0.500. The van der Waals surface area contributed by atoms with Crippen LogP contribution in [0.3, 0.4) is 0 Å². The Morgan fingerprint density at radius 3 is 2.95 bits per heavy atom. The average Bonchev–Trinajstić information content (AvgIpc) is 2.63. The van der Waals surface area contributed by atoms with Gasteiger partial charge in [0.1, 0.15) is 6.04 Å². The van der Waals surface area contributed by atoms with E-state index in [4.69, 9.17) is 5.73 Å². The van der Waals surface area contributed by atoms with E-state index in [1.165, 1.54) is 0 Å². The van der Waals surface area contributed by atoms with Crippen LogP contribution in [0.4, 0.5) is 11.4 Å². The monoisotopic (exact) mass is 355 g/mol. The number of nitrogens with one attached hydrogen (secondary N) is 1. The maximum Gasteiger partial charge on any atom is 0.245 e. The normalized spacial score (nSPS) is 24.5. The molecule has 1 unspecified atom stereocenters. The zero-order valence-electron chi connectivity index (χ0n) is 11.6. The Morgan fingerprint density at radius 2 is 2.25 bits per heavy atom. The molecule has 0 spiro atoms. The molecule has 2 aliphatic rings. The highest BCUT2D eigenvalue weighted by molar-refractivity contribution is 9.10. The molecule has 1 saturated heterocycles. The average molecular weight is 356 g/mol. The van der Waals surface area contributed by atoms with E-state index >= 15 is 0 Å². The second-order valence-electron chi connectivity index (χ2n) is 5.89. The van der Waals surface area contributed by atoms with Gasteiger partial charge in [0.25, 0.3) is 0 Å². The molecular weight excluding hydrogens is 338 g/mol. The van der Waals surface area contributed by atoms with Crippen molar-refractivity contribution in [1.82, 2.24) is 0 Å². The van der Waals surface area contributed by atoms with Crippen LogP contribution in [0.15, 0.2) is 16.6 Å². The van der Waals surface area contributed by atoms with Crippen molar-refractivity contribution in [2.24, 2.45) is 5.73 Å². The zero-order valence-corrected chi connectivity index (χ0v) is 14.0. The SMILES string of the molecule is CC1(C)CN(c2cc3c(cc2Br)C(N)C(=O)N3)CCS1. The molecule has 1 fully saturated rings. The van der Waals surface area contributed by atoms with Crippen LogP contribution >= 0.6 is 27.7 Å². The molecule has 3 N–H and O–H groups in total. The maximum atomic E-state index is 11.7. The number of anilines is 2. The van der Waals surface area contributed by atoms with Crippen molar-refractivity contribution >= 4 is 45.0 Å². The summed E-state index contributed by atoms with van der Waals surface area (Å²) < 4.78 is 1.25. The quantitative estimate of drug-likeness (QED) is 0.813. The van der Waals surface area contributed by atoms with Gasteiger partial charge >= 0.3 is 0 Å². The number of carbonyl (C=O) groups is 1. The molecule has 6 heteroatoms. The van der Waals surface area contributed by atoms with Gasteiger partial charge in [-0.25, -0.2) is 0 Å². The van der Waals surface area contributed by atoms with Crippen LogP contribution in [-0.4, -0.2) is 29.5 Å². The topological polar surface area (TPSA) is 58.4 Å². The van der Waals surface area contributed by atoms with Crippen LogP contribution in [0.5, 0.6) is 0 Å². The minimum atomic E-state index is -0.552. The molecule has 0 bridgehead atoms. The van der Waals surface area contributed by atoms with E-state index in [1.807, 2.05) is 23.9 Å². The van der Waals surface area contributed by atoms with E-state index in [-0.39, 0.29) is 10.7 Å². The fourth-order valence-corrected chi connectivity index (χ4v) is 4.48. The molecule has 1 aromatic rings. The summed E-state index contributed by atoms with van der Waals surface area (Å²) in [7, 11) is 0. The highest BCUT2D eigenvalue weighted by atomic mass is 79.9. The summed E-state index contributed by atoms with van der Waals surface area (Å²) in [5.74, 6) is 0.987. The molecule has 108 valence electrons. The van der Waals surface area contributed by atoms with Gasteiger partial charge in [0, 0.05) is 39.3 Å². The van der Waals surface area contributed by atoms with Gasteiger partial charge in [0.15, 0.2) is 0 Å². The number of hydrogen-bond acceptors (Lipinski definition) is 4. The molecule has 1 atom stereocenters. The minimum Gasteiger partial charge on any atom is -0.368 e. The molecule has 2 heterocycles. The zero-order chi connectivity index (χ0) is 14.5. The molecule has 0 radical (unpaired) electrons. The predicted octanol–water partition coefficient (Wildman–Crippen LogP) is 2.73. The smallest absolute Gasteiger partial charge is 0.245 e. The lowest BCUT2D eigenvalue weighted by Gasteiger charge is -2.39. The van der Waals surface area contributed by atoms with Gasteiger partial charge in [-0.1, -0.05) is 0 Å². The number of fused-ring (bicyclic) bond motifs is 1. The number of rotatable bonds is 1. The Hall–Kier alpha value is -0.720. The number of nitrogens with zero attached hydrogens (tertiary/aromatic N) is 1. The van der Waals surface area contributed by atoms with Crippen LogP contribution in [0.2, 0.25) is 0 Å². The van der Waals surface area contributed by atoms with Gasteiger partial charge in [-0.05, 0) is 41.9 Å². The third kappa shape index (κ3) is 2.44. The minimum absolute atomic E-state index is 0.126. The molecule has 0 aromatic heterocycles. The lowest BCUT2D eigenvalue weighted by atomic mass is 10.1. The lowest BCUT2D eigenvalue weighted by Crippen LogP contribution is -2.43. The summed E-state index contributed by atoms with van der Waals surface area (Å²) >= 11 is 5.63. The van der Waals surface area contributed by atoms with Crippen molar-refractivity contribution in [3.63, 3.8) is 0 Å². The van der Waals surface area contributed by atoms with Crippen molar-refractivity contribution in [3.05, 3.63) is 22.2 Å². The molecule has 1 amide bonds. The van der Waals surface area contributed by atoms with Crippen molar-refractivity contribution in [3.8, 4) is 0 Å². The highest BCUT2D eigenvalue weighted by Gasteiger charge is 2.31. The van der Waals surface area contributed by atoms with Gasteiger partial charge in [-0.3, -0.25) is 4.79 Å². The lowest BCUT2D eigenvalue weighted by molar-refractivity contribution is -0.116. The van der Waals surface area contributed by atoms with E-state index in [0.717, 1.165) is 40.3 Å². The number of carbonyl (C=O) groups excluding carboxylic acids is 1. The van der Waals surface area contributed by atoms with Gasteiger partial charge in [0.05, 0.1) is 5.69 Å². The summed E-state index contributed by atoms with van der Waals surface area (Å²) in [6.45, 7) is 6.55. The van der Waals surface area contributed by atoms with E-state index in [0.29, 0.717) is 0 Å². The molecule has 4 nitrogen and oxygen atoms in total. The summed E-state index contributed by atoms with van der Waals surface area (Å²) in [6.07, 6.45) is 0. The molecule has 3 rings (SSSR count). The second-order valence-corrected chi connectivity index (χ2v) is 8.54. The Labute approximate surface area is 131 Å². The summed E-state index contributed by atoms with van der Waals surface area (Å²) in [4.78, 5) is 14.0. The molecule has 2 aliphatic heterocycles. The Balaban J connectivity index is 1.96. The van der Waals surface area contributed by atoms with E-state index in [9.17, 15) is 4.79 Å². The fourth-order valence-electron chi connectivity index (χ4n) is 2.76. The molecule has 1 aromatic carbocycles. The molecule has 20 heavy (non-hydrogen) atoms. The number of hydrogen-bond donors (Lipinski definition) is 2. The van der Waals surface area contributed by atoms with Crippen LogP contribution in [-0.2, 0) is 4.79 Å². The highest BCUT2D eigenvalue weighted by Crippen LogP contribution is 2.40. The van der Waals surface area contributed by atoms with Crippen molar-refractivity contribution in [2.45, 2.75) is 24.6 Å². The van der Waals surface area contributed by atoms with Crippen molar-refractivity contribution < 1.29 is 4.79 Å². The van der Waals surface area contributed by atoms with E-state index in [1.54, 1.807) is 0 Å². The number of halogens is 1. The predicted molar refractivity (Wildman–Crippen MR) is 88.5 cm³/mol.